The van der Waals surface area contributed by atoms with E-state index in [9.17, 15) is 4.79 Å². The van der Waals surface area contributed by atoms with E-state index in [0.717, 1.165) is 24.1 Å². The average molecular weight is 333 g/mol. The first-order valence-corrected chi connectivity index (χ1v) is 8.82. The molecule has 1 heterocycles. The predicted octanol–water partition coefficient (Wildman–Crippen LogP) is 4.17. The number of hydrogen-bond donors (Lipinski definition) is 2. The lowest BCUT2D eigenvalue weighted by atomic mass is 9.70. The zero-order chi connectivity index (χ0) is 17.9. The maximum absolute atomic E-state index is 12.1. The topological polar surface area (TPSA) is 63.2 Å². The average Bonchev–Trinajstić information content (AvgIpc) is 2.45. The van der Waals surface area contributed by atoms with Crippen molar-refractivity contribution in [2.75, 3.05) is 12.4 Å². The number of carbonyl (C=O) groups excluding carboxylic acids is 1. The van der Waals surface area contributed by atoms with Crippen molar-refractivity contribution in [1.82, 2.24) is 10.3 Å². The summed E-state index contributed by atoms with van der Waals surface area (Å²) in [6.45, 7) is 10.2. The molecule has 1 aromatic rings. The Bertz CT molecular complexity index is 556. The first-order valence-electron chi connectivity index (χ1n) is 8.82. The molecule has 5 heteroatoms. The summed E-state index contributed by atoms with van der Waals surface area (Å²) in [7, 11) is 2.04. The fourth-order valence-electron chi connectivity index (χ4n) is 3.95. The van der Waals surface area contributed by atoms with Gasteiger partial charge in [-0.05, 0) is 70.0 Å². The third-order valence-corrected chi connectivity index (χ3v) is 4.80. The van der Waals surface area contributed by atoms with Crippen molar-refractivity contribution in [2.45, 2.75) is 65.0 Å². The van der Waals surface area contributed by atoms with Crippen LogP contribution in [0.1, 0.15) is 58.9 Å². The molecular formula is C19H31N3O2. The minimum absolute atomic E-state index is 0.424. The van der Waals surface area contributed by atoms with Gasteiger partial charge in [0.25, 0.3) is 0 Å². The van der Waals surface area contributed by atoms with Crippen LogP contribution in [0, 0.1) is 11.8 Å². The lowest BCUT2D eigenvalue weighted by molar-refractivity contribution is 0.0635. The van der Waals surface area contributed by atoms with E-state index < -0.39 is 11.7 Å². The molecule has 2 unspecified atom stereocenters. The highest BCUT2D eigenvalue weighted by atomic mass is 16.6. The lowest BCUT2D eigenvalue weighted by Gasteiger charge is -2.39. The van der Waals surface area contributed by atoms with Crippen LogP contribution in [0.2, 0.25) is 0 Å². The molecule has 1 saturated carbocycles. The van der Waals surface area contributed by atoms with Crippen molar-refractivity contribution in [1.29, 1.82) is 0 Å². The van der Waals surface area contributed by atoms with Crippen LogP contribution in [0.15, 0.2) is 18.5 Å². The van der Waals surface area contributed by atoms with Crippen LogP contribution in [0.25, 0.3) is 0 Å². The maximum Gasteiger partial charge on any atom is 0.412 e. The highest BCUT2D eigenvalue weighted by molar-refractivity contribution is 5.85. The number of ether oxygens (including phenoxy) is 1. The van der Waals surface area contributed by atoms with Gasteiger partial charge in [0.1, 0.15) is 5.60 Å². The standard InChI is InChI=1S/C19H31N3O2/c1-12-9-14(10-13(2)17(12)20-6)15-7-8-21-11-16(15)22-18(23)24-19(3,4)5/h7-8,11-14,17,20H,9-10H2,1-6H3,(H,22,23)/t12-,13+,14?,17?. The number of anilines is 1. The largest absolute Gasteiger partial charge is 0.444 e. The highest BCUT2D eigenvalue weighted by Crippen LogP contribution is 2.41. The van der Waals surface area contributed by atoms with Gasteiger partial charge in [-0.1, -0.05) is 13.8 Å². The minimum Gasteiger partial charge on any atom is -0.444 e. The fraction of sp³-hybridized carbons (Fsp3) is 0.684. The molecule has 24 heavy (non-hydrogen) atoms. The highest BCUT2D eigenvalue weighted by Gasteiger charge is 2.33. The first-order chi connectivity index (χ1) is 11.2. The van der Waals surface area contributed by atoms with Crippen molar-refractivity contribution in [3.8, 4) is 0 Å². The van der Waals surface area contributed by atoms with Gasteiger partial charge in [-0.25, -0.2) is 4.79 Å². The monoisotopic (exact) mass is 333 g/mol. The Morgan fingerprint density at radius 2 is 1.88 bits per heavy atom. The number of hydrogen-bond acceptors (Lipinski definition) is 4. The molecule has 1 aromatic heterocycles. The summed E-state index contributed by atoms with van der Waals surface area (Å²) in [5, 5.41) is 6.33. The summed E-state index contributed by atoms with van der Waals surface area (Å²) in [6, 6.07) is 2.57. The summed E-state index contributed by atoms with van der Waals surface area (Å²) >= 11 is 0. The van der Waals surface area contributed by atoms with Gasteiger partial charge in [0.05, 0.1) is 11.9 Å². The van der Waals surface area contributed by atoms with Crippen molar-refractivity contribution in [3.05, 3.63) is 24.0 Å². The quantitative estimate of drug-likeness (QED) is 0.871. The molecule has 134 valence electrons. The van der Waals surface area contributed by atoms with Gasteiger partial charge in [0.15, 0.2) is 0 Å². The van der Waals surface area contributed by atoms with E-state index in [2.05, 4.69) is 29.5 Å². The van der Waals surface area contributed by atoms with Gasteiger partial charge in [0.2, 0.25) is 0 Å². The number of amides is 1. The second kappa shape index (κ2) is 7.51. The zero-order valence-corrected chi connectivity index (χ0v) is 15.7. The molecule has 1 aliphatic carbocycles. The number of carbonyl (C=O) groups is 1. The molecule has 0 aromatic carbocycles. The van der Waals surface area contributed by atoms with Crippen LogP contribution in [0.4, 0.5) is 10.5 Å². The van der Waals surface area contributed by atoms with E-state index >= 15 is 0 Å². The summed E-state index contributed by atoms with van der Waals surface area (Å²) in [5.74, 6) is 1.60. The van der Waals surface area contributed by atoms with Crippen LogP contribution >= 0.6 is 0 Å². The van der Waals surface area contributed by atoms with E-state index in [1.54, 1.807) is 12.4 Å². The third-order valence-electron chi connectivity index (χ3n) is 4.80. The third kappa shape index (κ3) is 4.69. The molecule has 0 saturated heterocycles. The van der Waals surface area contributed by atoms with Gasteiger partial charge < -0.3 is 10.1 Å². The Kier molecular flexibility index (Phi) is 5.86. The number of pyridine rings is 1. The van der Waals surface area contributed by atoms with E-state index in [1.165, 1.54) is 0 Å². The molecule has 2 N–H and O–H groups in total. The Hall–Kier alpha value is -1.62. The van der Waals surface area contributed by atoms with Gasteiger partial charge >= 0.3 is 6.09 Å². The zero-order valence-electron chi connectivity index (χ0n) is 15.7. The molecule has 2 rings (SSSR count). The SMILES string of the molecule is CNC1[C@H](C)CC(c2ccncc2NC(=O)OC(C)(C)C)C[C@@H]1C. The Morgan fingerprint density at radius 3 is 2.42 bits per heavy atom. The molecule has 0 spiro atoms. The van der Waals surface area contributed by atoms with Crippen LogP contribution in [-0.4, -0.2) is 29.8 Å². The smallest absolute Gasteiger partial charge is 0.412 e. The molecule has 5 nitrogen and oxygen atoms in total. The van der Waals surface area contributed by atoms with Crippen LogP contribution < -0.4 is 10.6 Å². The van der Waals surface area contributed by atoms with Crippen LogP contribution in [0.3, 0.4) is 0 Å². The molecule has 1 aliphatic rings. The molecule has 0 bridgehead atoms. The molecule has 1 amide bonds. The van der Waals surface area contributed by atoms with Gasteiger partial charge in [-0.15, -0.1) is 0 Å². The van der Waals surface area contributed by atoms with Crippen LogP contribution in [0.5, 0.6) is 0 Å². The van der Waals surface area contributed by atoms with Gasteiger partial charge in [-0.3, -0.25) is 10.3 Å². The van der Waals surface area contributed by atoms with E-state index in [-0.39, 0.29) is 0 Å². The number of rotatable bonds is 3. The second-order valence-corrected chi connectivity index (χ2v) is 8.03. The van der Waals surface area contributed by atoms with Gasteiger partial charge in [-0.2, -0.15) is 0 Å². The minimum atomic E-state index is -0.514. The van der Waals surface area contributed by atoms with Crippen molar-refractivity contribution >= 4 is 11.8 Å². The lowest BCUT2D eigenvalue weighted by Crippen LogP contribution is -2.42. The molecule has 0 radical (unpaired) electrons. The Morgan fingerprint density at radius 1 is 1.25 bits per heavy atom. The normalized spacial score (nSPS) is 27.6. The molecular weight excluding hydrogens is 302 g/mol. The number of nitrogens with one attached hydrogen (secondary N) is 2. The van der Waals surface area contributed by atoms with Crippen molar-refractivity contribution in [2.24, 2.45) is 11.8 Å². The molecule has 1 fully saturated rings. The second-order valence-electron chi connectivity index (χ2n) is 8.03. The molecule has 4 atom stereocenters. The fourth-order valence-corrected chi connectivity index (χ4v) is 3.95. The van der Waals surface area contributed by atoms with E-state index in [1.807, 2.05) is 33.9 Å². The first kappa shape index (κ1) is 18.7. The van der Waals surface area contributed by atoms with E-state index in [4.69, 9.17) is 4.74 Å². The summed E-state index contributed by atoms with van der Waals surface area (Å²) in [5.41, 5.74) is 1.41. The Labute approximate surface area is 145 Å². The number of nitrogens with zero attached hydrogens (tertiary/aromatic N) is 1. The molecule has 0 aliphatic heterocycles. The maximum atomic E-state index is 12.1. The predicted molar refractivity (Wildman–Crippen MR) is 97.2 cm³/mol. The Balaban J connectivity index is 2.16. The summed E-state index contributed by atoms with van der Waals surface area (Å²) in [4.78, 5) is 16.3. The van der Waals surface area contributed by atoms with Crippen molar-refractivity contribution in [3.63, 3.8) is 0 Å². The van der Waals surface area contributed by atoms with Crippen molar-refractivity contribution < 1.29 is 9.53 Å². The van der Waals surface area contributed by atoms with E-state index in [0.29, 0.717) is 23.8 Å². The van der Waals surface area contributed by atoms with Crippen LogP contribution in [-0.2, 0) is 4.74 Å². The number of aromatic nitrogens is 1. The van der Waals surface area contributed by atoms with Gasteiger partial charge in [0, 0.05) is 12.2 Å². The summed E-state index contributed by atoms with van der Waals surface area (Å²) in [6.07, 6.45) is 5.29. The summed E-state index contributed by atoms with van der Waals surface area (Å²) < 4.78 is 5.37.